The molecule has 0 spiro atoms. The first kappa shape index (κ1) is 17.9. The molecule has 3 rings (SSSR count). The van der Waals surface area contributed by atoms with Gasteiger partial charge in [-0.2, -0.15) is 10.2 Å². The Morgan fingerprint density at radius 2 is 2.00 bits per heavy atom. The zero-order chi connectivity index (χ0) is 18.7. The average Bonchev–Trinajstić information content (AvgIpc) is 3.10. The van der Waals surface area contributed by atoms with E-state index in [0.717, 1.165) is 15.6 Å². The zero-order valence-electron chi connectivity index (χ0n) is 14.2. The van der Waals surface area contributed by atoms with Crippen molar-refractivity contribution in [3.05, 3.63) is 69.3 Å². The number of aromatic amines is 1. The van der Waals surface area contributed by atoms with Crippen LogP contribution in [-0.4, -0.2) is 27.4 Å². The van der Waals surface area contributed by atoms with E-state index >= 15 is 0 Å². The van der Waals surface area contributed by atoms with E-state index in [2.05, 4.69) is 36.7 Å². The van der Waals surface area contributed by atoms with Crippen LogP contribution in [0.15, 0.2) is 52.0 Å². The predicted molar refractivity (Wildman–Crippen MR) is 104 cm³/mol. The van der Waals surface area contributed by atoms with Crippen molar-refractivity contribution in [1.29, 1.82) is 0 Å². The van der Waals surface area contributed by atoms with Gasteiger partial charge in [-0.3, -0.25) is 9.89 Å². The number of carbonyl (C=O) groups is 1. The Kier molecular flexibility index (Phi) is 5.18. The fourth-order valence-corrected chi connectivity index (χ4v) is 2.71. The van der Waals surface area contributed by atoms with Crippen LogP contribution in [0.5, 0.6) is 5.75 Å². The fourth-order valence-electron chi connectivity index (χ4n) is 2.34. The average molecular weight is 413 g/mol. The van der Waals surface area contributed by atoms with E-state index in [0.29, 0.717) is 17.0 Å². The number of aromatic hydroxyl groups is 1. The minimum absolute atomic E-state index is 0.0739. The van der Waals surface area contributed by atoms with Gasteiger partial charge in [-0.25, -0.2) is 5.43 Å². The number of hydrogen-bond acceptors (Lipinski definition) is 4. The first-order valence-electron chi connectivity index (χ1n) is 7.89. The van der Waals surface area contributed by atoms with Gasteiger partial charge in [0.25, 0.3) is 5.91 Å². The number of hydrazone groups is 1. The minimum Gasteiger partial charge on any atom is -0.507 e. The van der Waals surface area contributed by atoms with E-state index in [1.807, 2.05) is 32.0 Å². The number of nitrogens with one attached hydrogen (secondary N) is 2. The first-order chi connectivity index (χ1) is 12.4. The SMILES string of the molecule is Cc1ccc(-c2cc(C(=O)NN=Cc3cc(Br)ccc3O)[nH]n2)cc1C. The molecule has 6 nitrogen and oxygen atoms in total. The smallest absolute Gasteiger partial charge is 0.289 e. The molecule has 7 heteroatoms. The lowest BCUT2D eigenvalue weighted by atomic mass is 10.0. The second kappa shape index (κ2) is 7.53. The quantitative estimate of drug-likeness (QED) is 0.447. The molecular formula is C19H17BrN4O2. The van der Waals surface area contributed by atoms with Gasteiger partial charge in [0.15, 0.2) is 0 Å². The van der Waals surface area contributed by atoms with E-state index in [-0.39, 0.29) is 5.75 Å². The van der Waals surface area contributed by atoms with Gasteiger partial charge in [0.2, 0.25) is 0 Å². The molecular weight excluding hydrogens is 396 g/mol. The number of nitrogens with zero attached hydrogens (tertiary/aromatic N) is 2. The van der Waals surface area contributed by atoms with Crippen molar-refractivity contribution in [2.45, 2.75) is 13.8 Å². The summed E-state index contributed by atoms with van der Waals surface area (Å²) in [5.41, 5.74) is 7.18. The number of phenolic OH excluding ortho intramolecular Hbond substituents is 1. The highest BCUT2D eigenvalue weighted by Crippen LogP contribution is 2.21. The van der Waals surface area contributed by atoms with Crippen LogP contribution >= 0.6 is 15.9 Å². The van der Waals surface area contributed by atoms with Crippen molar-refractivity contribution in [3.8, 4) is 17.0 Å². The van der Waals surface area contributed by atoms with Crippen LogP contribution < -0.4 is 5.43 Å². The Bertz CT molecular complexity index is 995. The molecule has 0 aliphatic rings. The molecule has 3 N–H and O–H groups in total. The van der Waals surface area contributed by atoms with Crippen LogP contribution in [-0.2, 0) is 0 Å². The number of halogens is 1. The Morgan fingerprint density at radius 1 is 1.19 bits per heavy atom. The molecule has 132 valence electrons. The lowest BCUT2D eigenvalue weighted by Crippen LogP contribution is -2.18. The maximum atomic E-state index is 12.2. The van der Waals surface area contributed by atoms with Gasteiger partial charge in [-0.1, -0.05) is 28.1 Å². The highest BCUT2D eigenvalue weighted by Gasteiger charge is 2.11. The van der Waals surface area contributed by atoms with Crippen molar-refractivity contribution < 1.29 is 9.90 Å². The number of benzene rings is 2. The van der Waals surface area contributed by atoms with Crippen LogP contribution in [0.3, 0.4) is 0 Å². The van der Waals surface area contributed by atoms with Crippen molar-refractivity contribution >= 4 is 28.1 Å². The lowest BCUT2D eigenvalue weighted by Gasteiger charge is -2.01. The van der Waals surface area contributed by atoms with Gasteiger partial charge in [0.1, 0.15) is 11.4 Å². The second-order valence-corrected chi connectivity index (χ2v) is 6.78. The Morgan fingerprint density at radius 3 is 2.77 bits per heavy atom. The third-order valence-corrected chi connectivity index (χ3v) is 4.48. The molecule has 3 aromatic rings. The monoisotopic (exact) mass is 412 g/mol. The third kappa shape index (κ3) is 4.00. The van der Waals surface area contributed by atoms with Crippen molar-refractivity contribution in [2.24, 2.45) is 5.10 Å². The van der Waals surface area contributed by atoms with Gasteiger partial charge >= 0.3 is 0 Å². The topological polar surface area (TPSA) is 90.4 Å². The van der Waals surface area contributed by atoms with Gasteiger partial charge in [-0.15, -0.1) is 0 Å². The van der Waals surface area contributed by atoms with E-state index in [1.54, 1.807) is 18.2 Å². The van der Waals surface area contributed by atoms with Crippen LogP contribution in [0.25, 0.3) is 11.3 Å². The molecule has 0 atom stereocenters. The highest BCUT2D eigenvalue weighted by molar-refractivity contribution is 9.10. The number of carbonyl (C=O) groups excluding carboxylic acids is 1. The largest absolute Gasteiger partial charge is 0.507 e. The summed E-state index contributed by atoms with van der Waals surface area (Å²) in [6, 6.07) is 12.6. The number of aryl methyl sites for hydroxylation is 2. The number of phenols is 1. The van der Waals surface area contributed by atoms with Crippen LogP contribution in [0.1, 0.15) is 27.2 Å². The van der Waals surface area contributed by atoms with Crippen molar-refractivity contribution in [2.75, 3.05) is 0 Å². The molecule has 0 saturated heterocycles. The number of amides is 1. The summed E-state index contributed by atoms with van der Waals surface area (Å²) in [6.07, 6.45) is 1.37. The van der Waals surface area contributed by atoms with Crippen molar-refractivity contribution in [1.82, 2.24) is 15.6 Å². The number of H-pyrrole nitrogens is 1. The summed E-state index contributed by atoms with van der Waals surface area (Å²) in [5.74, 6) is -0.344. The number of rotatable bonds is 4. The first-order valence-corrected chi connectivity index (χ1v) is 8.68. The van der Waals surface area contributed by atoms with E-state index < -0.39 is 5.91 Å². The van der Waals surface area contributed by atoms with Crippen LogP contribution in [0.2, 0.25) is 0 Å². The predicted octanol–water partition coefficient (Wildman–Crippen LogP) is 3.93. The molecule has 0 aliphatic heterocycles. The molecule has 0 bridgehead atoms. The fraction of sp³-hybridized carbons (Fsp3) is 0.105. The Hall–Kier alpha value is -2.93. The maximum absolute atomic E-state index is 12.2. The zero-order valence-corrected chi connectivity index (χ0v) is 15.8. The third-order valence-electron chi connectivity index (χ3n) is 3.98. The van der Waals surface area contributed by atoms with E-state index in [9.17, 15) is 9.90 Å². The number of hydrogen-bond donors (Lipinski definition) is 3. The standard InChI is InChI=1S/C19H17BrN4O2/c1-11-3-4-13(7-12(11)2)16-9-17(23-22-16)19(26)24-21-10-14-8-15(20)5-6-18(14)25/h3-10,25H,1-2H3,(H,22,23)(H,24,26). The molecule has 0 fully saturated rings. The Balaban J connectivity index is 1.71. The normalized spacial score (nSPS) is 11.0. The molecule has 0 unspecified atom stereocenters. The highest BCUT2D eigenvalue weighted by atomic mass is 79.9. The summed E-state index contributed by atoms with van der Waals surface area (Å²) >= 11 is 3.31. The van der Waals surface area contributed by atoms with Gasteiger partial charge < -0.3 is 5.11 Å². The molecule has 0 aliphatic carbocycles. The lowest BCUT2D eigenvalue weighted by molar-refractivity contribution is 0.0950. The van der Waals surface area contributed by atoms with E-state index in [1.165, 1.54) is 17.8 Å². The molecule has 0 radical (unpaired) electrons. The summed E-state index contributed by atoms with van der Waals surface area (Å²) in [7, 11) is 0. The van der Waals surface area contributed by atoms with E-state index in [4.69, 9.17) is 0 Å². The minimum atomic E-state index is -0.418. The van der Waals surface area contributed by atoms with Gasteiger partial charge in [-0.05, 0) is 55.3 Å². The van der Waals surface area contributed by atoms with Crippen LogP contribution in [0.4, 0.5) is 0 Å². The molecule has 26 heavy (non-hydrogen) atoms. The van der Waals surface area contributed by atoms with Gasteiger partial charge in [0, 0.05) is 15.6 Å². The van der Waals surface area contributed by atoms with Gasteiger partial charge in [0.05, 0.1) is 11.9 Å². The Labute approximate surface area is 159 Å². The summed E-state index contributed by atoms with van der Waals surface area (Å²) in [6.45, 7) is 4.08. The molecule has 0 saturated carbocycles. The molecule has 2 aromatic carbocycles. The number of aromatic nitrogens is 2. The molecule has 1 heterocycles. The summed E-state index contributed by atoms with van der Waals surface area (Å²) in [5, 5.41) is 20.5. The summed E-state index contributed by atoms with van der Waals surface area (Å²) in [4.78, 5) is 12.2. The molecule has 1 aromatic heterocycles. The second-order valence-electron chi connectivity index (χ2n) is 5.87. The van der Waals surface area contributed by atoms with Crippen LogP contribution in [0, 0.1) is 13.8 Å². The molecule has 1 amide bonds. The maximum Gasteiger partial charge on any atom is 0.289 e. The summed E-state index contributed by atoms with van der Waals surface area (Å²) < 4.78 is 0.801. The van der Waals surface area contributed by atoms with Crippen molar-refractivity contribution in [3.63, 3.8) is 0 Å².